The van der Waals surface area contributed by atoms with Gasteiger partial charge in [-0.05, 0) is 54.3 Å². The topological polar surface area (TPSA) is 74.2 Å². The molecule has 2 aliphatic rings. The molecule has 4 rings (SSSR count). The molecule has 0 atom stereocenters. The van der Waals surface area contributed by atoms with Crippen LogP contribution in [0.2, 0.25) is 0 Å². The zero-order chi connectivity index (χ0) is 23.0. The molecule has 0 bridgehead atoms. The molecule has 0 aromatic heterocycles. The lowest BCUT2D eigenvalue weighted by Crippen LogP contribution is -2.35. The van der Waals surface area contributed by atoms with Gasteiger partial charge in [-0.2, -0.15) is 16.9 Å². The molecule has 0 unspecified atom stereocenters. The van der Waals surface area contributed by atoms with Crippen LogP contribution in [0, 0.1) is 0 Å². The Balaban J connectivity index is 1.35. The number of hydrazone groups is 1. The number of carbonyl (C=O) groups excluding carboxylic acids is 2. The first kappa shape index (κ1) is 23.3. The van der Waals surface area contributed by atoms with E-state index in [1.54, 1.807) is 0 Å². The fourth-order valence-corrected chi connectivity index (χ4v) is 4.84. The van der Waals surface area contributed by atoms with Gasteiger partial charge in [-0.1, -0.05) is 18.2 Å². The van der Waals surface area contributed by atoms with Crippen molar-refractivity contribution in [3.05, 3.63) is 64.7 Å². The highest BCUT2D eigenvalue weighted by Gasteiger charge is 2.20. The number of amides is 1. The third kappa shape index (κ3) is 6.58. The lowest BCUT2D eigenvalue weighted by Gasteiger charge is -2.28. The Bertz CT molecular complexity index is 1000. The highest BCUT2D eigenvalue weighted by atomic mass is 32.2. The summed E-state index contributed by atoms with van der Waals surface area (Å²) in [5.74, 6) is 1.88. The molecule has 0 radical (unpaired) electrons. The van der Waals surface area contributed by atoms with Gasteiger partial charge < -0.3 is 10.1 Å². The molecule has 1 fully saturated rings. The van der Waals surface area contributed by atoms with Crippen molar-refractivity contribution >= 4 is 35.5 Å². The first-order valence-corrected chi connectivity index (χ1v) is 12.5. The zero-order valence-corrected chi connectivity index (χ0v) is 19.8. The maximum Gasteiger partial charge on any atom is 0.320 e. The molecule has 1 N–H and O–H groups in total. The largest absolute Gasteiger partial charge is 0.465 e. The minimum atomic E-state index is -0.210. The number of fused-ring (bicyclic) bond motifs is 1. The molecule has 0 saturated carbocycles. The summed E-state index contributed by atoms with van der Waals surface area (Å²) in [5, 5.41) is 9.61. The van der Waals surface area contributed by atoms with Gasteiger partial charge in [0, 0.05) is 48.9 Å². The monoisotopic (exact) mass is 466 g/mol. The first-order valence-electron chi connectivity index (χ1n) is 11.4. The lowest BCUT2D eigenvalue weighted by molar-refractivity contribution is -0.144. The van der Waals surface area contributed by atoms with Crippen molar-refractivity contribution in [2.24, 2.45) is 5.10 Å². The summed E-state index contributed by atoms with van der Waals surface area (Å²) >= 11 is 1.96. The van der Waals surface area contributed by atoms with Gasteiger partial charge in [0.15, 0.2) is 0 Å². The Labute approximate surface area is 199 Å². The van der Waals surface area contributed by atoms with Crippen LogP contribution in [-0.2, 0) is 22.5 Å². The van der Waals surface area contributed by atoms with Gasteiger partial charge in [0.05, 0.1) is 19.4 Å². The molecule has 0 spiro atoms. The van der Waals surface area contributed by atoms with Crippen molar-refractivity contribution in [3.63, 3.8) is 0 Å². The van der Waals surface area contributed by atoms with Gasteiger partial charge in [-0.25, -0.2) is 0 Å². The number of thioether (sulfide) groups is 1. The first-order chi connectivity index (χ1) is 16.1. The number of nitrogens with one attached hydrogen (secondary N) is 1. The molecule has 8 heteroatoms. The number of nitrogens with zero attached hydrogens (tertiary/aromatic N) is 3. The molecule has 0 aliphatic carbocycles. The van der Waals surface area contributed by atoms with Crippen molar-refractivity contribution in [1.29, 1.82) is 0 Å². The molecular weight excluding hydrogens is 436 g/mol. The van der Waals surface area contributed by atoms with Gasteiger partial charge in [-0.15, -0.1) is 0 Å². The van der Waals surface area contributed by atoms with Crippen LogP contribution in [0.25, 0.3) is 0 Å². The van der Waals surface area contributed by atoms with Crippen molar-refractivity contribution in [2.45, 2.75) is 19.9 Å². The number of ether oxygens (including phenoxy) is 1. The number of carbonyl (C=O) groups is 2. The van der Waals surface area contributed by atoms with Gasteiger partial charge in [0.25, 0.3) is 5.91 Å². The van der Waals surface area contributed by atoms with Crippen LogP contribution in [0.4, 0.5) is 5.69 Å². The summed E-state index contributed by atoms with van der Waals surface area (Å²) in [5.41, 5.74) is 4.67. The van der Waals surface area contributed by atoms with Crippen LogP contribution in [0.15, 0.2) is 47.6 Å². The van der Waals surface area contributed by atoms with E-state index in [9.17, 15) is 9.59 Å². The van der Waals surface area contributed by atoms with Gasteiger partial charge in [-0.3, -0.25) is 19.5 Å². The summed E-state index contributed by atoms with van der Waals surface area (Å²) < 4.78 is 5.06. The predicted molar refractivity (Wildman–Crippen MR) is 133 cm³/mol. The maximum absolute atomic E-state index is 12.8. The van der Waals surface area contributed by atoms with Crippen molar-refractivity contribution in [2.75, 3.05) is 49.6 Å². The highest BCUT2D eigenvalue weighted by Crippen LogP contribution is 2.21. The Kier molecular flexibility index (Phi) is 8.01. The second kappa shape index (κ2) is 11.3. The molecule has 2 heterocycles. The smallest absolute Gasteiger partial charge is 0.320 e. The van der Waals surface area contributed by atoms with Gasteiger partial charge >= 0.3 is 5.97 Å². The molecule has 2 aromatic carbocycles. The fourth-order valence-electron chi connectivity index (χ4n) is 3.95. The molecule has 2 aliphatic heterocycles. The summed E-state index contributed by atoms with van der Waals surface area (Å²) in [6.45, 7) is 5.88. The number of benzene rings is 2. The van der Waals surface area contributed by atoms with Crippen molar-refractivity contribution < 1.29 is 14.3 Å². The predicted octanol–water partition coefficient (Wildman–Crippen LogP) is 3.24. The van der Waals surface area contributed by atoms with E-state index in [1.165, 1.54) is 5.56 Å². The Morgan fingerprint density at radius 3 is 2.64 bits per heavy atom. The molecule has 174 valence electrons. The summed E-state index contributed by atoms with van der Waals surface area (Å²) in [6.07, 6.45) is 2.73. The molecule has 7 nitrogen and oxygen atoms in total. The molecular formula is C25H30N4O3S. The quantitative estimate of drug-likeness (QED) is 0.499. The van der Waals surface area contributed by atoms with E-state index in [4.69, 9.17) is 4.74 Å². The summed E-state index contributed by atoms with van der Waals surface area (Å²) in [7, 11) is 0. The van der Waals surface area contributed by atoms with Crippen LogP contribution >= 0.6 is 11.8 Å². The molecule has 1 saturated heterocycles. The minimum absolute atomic E-state index is 0.146. The molecule has 33 heavy (non-hydrogen) atoms. The van der Waals surface area contributed by atoms with Crippen LogP contribution in [-0.4, -0.2) is 72.3 Å². The Morgan fingerprint density at radius 1 is 1.09 bits per heavy atom. The number of rotatable bonds is 7. The number of anilines is 1. The Hall–Kier alpha value is -2.84. The standard InChI is InChI=1S/C25H30N4O3S/c1-2-32-24(30)18-28-10-9-20-5-6-21(15-22(20)17-28)25(31)27-23-7-3-19(4-8-23)16-26-29-11-13-33-14-12-29/h3-8,15-16H,2,9-14,17-18H2,1H3,(H,27,31). The zero-order valence-electron chi connectivity index (χ0n) is 19.0. The number of hydrogen-bond donors (Lipinski definition) is 1. The van der Waals surface area contributed by atoms with E-state index in [1.807, 2.05) is 67.4 Å². The summed E-state index contributed by atoms with van der Waals surface area (Å²) in [6, 6.07) is 13.5. The average molecular weight is 467 g/mol. The van der Waals surface area contributed by atoms with E-state index in [-0.39, 0.29) is 18.4 Å². The van der Waals surface area contributed by atoms with Gasteiger partial charge in [0.1, 0.15) is 0 Å². The van der Waals surface area contributed by atoms with E-state index < -0.39 is 0 Å². The van der Waals surface area contributed by atoms with Crippen LogP contribution in [0.5, 0.6) is 0 Å². The Morgan fingerprint density at radius 2 is 1.88 bits per heavy atom. The number of esters is 1. The SMILES string of the molecule is CCOC(=O)CN1CCc2ccc(C(=O)Nc3ccc(C=NN4CCSCC4)cc3)cc2C1. The lowest BCUT2D eigenvalue weighted by atomic mass is 9.97. The van der Waals surface area contributed by atoms with Gasteiger partial charge in [0.2, 0.25) is 0 Å². The highest BCUT2D eigenvalue weighted by molar-refractivity contribution is 7.99. The number of hydrogen-bond acceptors (Lipinski definition) is 7. The van der Waals surface area contributed by atoms with Crippen LogP contribution in [0.3, 0.4) is 0 Å². The van der Waals surface area contributed by atoms with Crippen LogP contribution in [0.1, 0.15) is 34.0 Å². The summed E-state index contributed by atoms with van der Waals surface area (Å²) in [4.78, 5) is 26.7. The third-order valence-corrected chi connectivity index (χ3v) is 6.69. The van der Waals surface area contributed by atoms with E-state index >= 15 is 0 Å². The molecule has 1 amide bonds. The normalized spacial score (nSPS) is 16.5. The van der Waals surface area contributed by atoms with Crippen molar-refractivity contribution in [1.82, 2.24) is 9.91 Å². The molecule has 2 aromatic rings. The van der Waals surface area contributed by atoms with Crippen LogP contribution < -0.4 is 5.32 Å². The van der Waals surface area contributed by atoms with Crippen molar-refractivity contribution in [3.8, 4) is 0 Å². The van der Waals surface area contributed by atoms with E-state index in [0.29, 0.717) is 18.7 Å². The second-order valence-corrected chi connectivity index (χ2v) is 9.36. The second-order valence-electron chi connectivity index (χ2n) is 8.14. The third-order valence-electron chi connectivity index (χ3n) is 5.74. The van der Waals surface area contributed by atoms with E-state index in [0.717, 1.165) is 54.4 Å². The maximum atomic E-state index is 12.8. The minimum Gasteiger partial charge on any atom is -0.465 e. The fraction of sp³-hybridized carbons (Fsp3) is 0.400. The van der Waals surface area contributed by atoms with E-state index in [2.05, 4.69) is 20.3 Å². The average Bonchev–Trinajstić information content (AvgIpc) is 2.84.